The number of aryl methyl sites for hydroxylation is 1. The van der Waals surface area contributed by atoms with E-state index in [1.807, 2.05) is 6.07 Å². The van der Waals surface area contributed by atoms with E-state index in [2.05, 4.69) is 12.2 Å². The molecule has 0 amide bonds. The van der Waals surface area contributed by atoms with Crippen LogP contribution in [0.15, 0.2) is 16.7 Å². The molecule has 1 saturated carbocycles. The Morgan fingerprint density at radius 1 is 1.33 bits per heavy atom. The first kappa shape index (κ1) is 13.6. The minimum absolute atomic E-state index is 0.533. The Morgan fingerprint density at radius 3 is 2.89 bits per heavy atom. The van der Waals surface area contributed by atoms with Gasteiger partial charge in [-0.2, -0.15) is 0 Å². The molecule has 1 aromatic rings. The first-order valence-corrected chi connectivity index (χ1v) is 7.21. The molecule has 1 fully saturated rings. The lowest BCUT2D eigenvalue weighted by Gasteiger charge is -2.21. The normalized spacial score (nSPS) is 17.2. The van der Waals surface area contributed by atoms with Crippen LogP contribution >= 0.6 is 0 Å². The zero-order valence-electron chi connectivity index (χ0n) is 11.4. The van der Waals surface area contributed by atoms with Crippen molar-refractivity contribution in [3.63, 3.8) is 0 Å². The average molecular weight is 251 g/mol. The summed E-state index contributed by atoms with van der Waals surface area (Å²) < 4.78 is 11.3. The van der Waals surface area contributed by atoms with Crippen molar-refractivity contribution in [2.24, 2.45) is 0 Å². The summed E-state index contributed by atoms with van der Waals surface area (Å²) >= 11 is 0. The fourth-order valence-electron chi connectivity index (χ4n) is 2.47. The third-order valence-electron chi connectivity index (χ3n) is 3.66. The number of hydrogen-bond acceptors (Lipinski definition) is 3. The third-order valence-corrected chi connectivity index (χ3v) is 3.66. The van der Waals surface area contributed by atoms with Gasteiger partial charge >= 0.3 is 0 Å². The Morgan fingerprint density at radius 2 is 2.17 bits per heavy atom. The Bertz CT molecular complexity index is 329. The van der Waals surface area contributed by atoms with E-state index in [-0.39, 0.29) is 0 Å². The topological polar surface area (TPSA) is 34.4 Å². The van der Waals surface area contributed by atoms with Crippen LogP contribution in [0.3, 0.4) is 0 Å². The van der Waals surface area contributed by atoms with Crippen molar-refractivity contribution in [2.75, 3.05) is 13.2 Å². The van der Waals surface area contributed by atoms with Crippen LogP contribution in [0.4, 0.5) is 0 Å². The van der Waals surface area contributed by atoms with Gasteiger partial charge in [0.15, 0.2) is 0 Å². The van der Waals surface area contributed by atoms with Crippen molar-refractivity contribution in [3.8, 4) is 0 Å². The zero-order valence-corrected chi connectivity index (χ0v) is 11.4. The van der Waals surface area contributed by atoms with Crippen molar-refractivity contribution in [1.82, 2.24) is 5.32 Å². The summed E-state index contributed by atoms with van der Waals surface area (Å²) in [4.78, 5) is 0. The monoisotopic (exact) mass is 251 g/mol. The second-order valence-corrected chi connectivity index (χ2v) is 5.19. The highest BCUT2D eigenvalue weighted by molar-refractivity contribution is 5.13. The van der Waals surface area contributed by atoms with Gasteiger partial charge in [-0.15, -0.1) is 0 Å². The summed E-state index contributed by atoms with van der Waals surface area (Å²) in [6.45, 7) is 4.77. The molecule has 1 aliphatic rings. The minimum Gasteiger partial charge on any atom is -0.468 e. The maximum atomic E-state index is 5.88. The fraction of sp³-hybridized carbons (Fsp3) is 0.733. The van der Waals surface area contributed by atoms with Gasteiger partial charge in [0, 0.05) is 6.61 Å². The summed E-state index contributed by atoms with van der Waals surface area (Å²) in [7, 11) is 0. The van der Waals surface area contributed by atoms with Gasteiger partial charge in [0.1, 0.15) is 5.76 Å². The third kappa shape index (κ3) is 4.46. The van der Waals surface area contributed by atoms with Crippen molar-refractivity contribution < 1.29 is 9.15 Å². The van der Waals surface area contributed by atoms with Gasteiger partial charge in [-0.1, -0.05) is 19.3 Å². The summed E-state index contributed by atoms with van der Waals surface area (Å²) in [5.41, 5.74) is 1.22. The average Bonchev–Trinajstić information content (AvgIpc) is 2.81. The van der Waals surface area contributed by atoms with Crippen molar-refractivity contribution in [1.29, 1.82) is 0 Å². The molecule has 102 valence electrons. The summed E-state index contributed by atoms with van der Waals surface area (Å²) in [6, 6.07) is 2.00. The standard InChI is InChI=1S/C15H25NO2/c1-13-8-11-18-15(13)12-16-9-5-10-17-14-6-3-2-4-7-14/h8,11,14,16H,2-7,9-10,12H2,1H3. The van der Waals surface area contributed by atoms with Crippen molar-refractivity contribution in [3.05, 3.63) is 23.7 Å². The molecular weight excluding hydrogens is 226 g/mol. The predicted octanol–water partition coefficient (Wildman–Crippen LogP) is 3.42. The Kier molecular flexibility index (Phi) is 5.75. The van der Waals surface area contributed by atoms with E-state index >= 15 is 0 Å². The second kappa shape index (κ2) is 7.59. The molecule has 18 heavy (non-hydrogen) atoms. The van der Waals surface area contributed by atoms with E-state index in [1.165, 1.54) is 37.7 Å². The smallest absolute Gasteiger partial charge is 0.120 e. The molecule has 1 N–H and O–H groups in total. The molecular formula is C15H25NO2. The van der Waals surface area contributed by atoms with Crippen LogP contribution in [0.5, 0.6) is 0 Å². The van der Waals surface area contributed by atoms with E-state index < -0.39 is 0 Å². The molecule has 0 unspecified atom stereocenters. The maximum Gasteiger partial charge on any atom is 0.120 e. The number of nitrogens with one attached hydrogen (secondary N) is 1. The molecule has 1 heterocycles. The molecule has 3 heteroatoms. The van der Waals surface area contributed by atoms with Gasteiger partial charge < -0.3 is 14.5 Å². The molecule has 0 aliphatic heterocycles. The van der Waals surface area contributed by atoms with E-state index in [0.29, 0.717) is 6.10 Å². The fourth-order valence-corrected chi connectivity index (χ4v) is 2.47. The summed E-state index contributed by atoms with van der Waals surface area (Å²) in [6.07, 6.45) is 9.98. The SMILES string of the molecule is Cc1ccoc1CNCCCOC1CCCCC1. The first-order valence-electron chi connectivity index (χ1n) is 7.21. The molecule has 0 spiro atoms. The zero-order chi connectivity index (χ0) is 12.6. The first-order chi connectivity index (χ1) is 8.86. The van der Waals surface area contributed by atoms with E-state index in [9.17, 15) is 0 Å². The molecule has 0 bridgehead atoms. The number of rotatable bonds is 7. The van der Waals surface area contributed by atoms with Crippen molar-refractivity contribution in [2.45, 2.75) is 58.1 Å². The molecule has 1 aliphatic carbocycles. The van der Waals surface area contributed by atoms with Crippen LogP contribution in [0, 0.1) is 6.92 Å². The van der Waals surface area contributed by atoms with E-state index in [1.54, 1.807) is 6.26 Å². The number of furan rings is 1. The van der Waals surface area contributed by atoms with Crippen LogP contribution in [-0.2, 0) is 11.3 Å². The van der Waals surface area contributed by atoms with E-state index in [4.69, 9.17) is 9.15 Å². The van der Waals surface area contributed by atoms with Gasteiger partial charge in [-0.25, -0.2) is 0 Å². The molecule has 3 nitrogen and oxygen atoms in total. The number of hydrogen-bond donors (Lipinski definition) is 1. The lowest BCUT2D eigenvalue weighted by Crippen LogP contribution is -2.20. The van der Waals surface area contributed by atoms with Gasteiger partial charge in [-0.3, -0.25) is 0 Å². The molecule has 0 aromatic carbocycles. The van der Waals surface area contributed by atoms with Gasteiger partial charge in [0.2, 0.25) is 0 Å². The highest BCUT2D eigenvalue weighted by Gasteiger charge is 2.12. The summed E-state index contributed by atoms with van der Waals surface area (Å²) in [5, 5.41) is 3.39. The van der Waals surface area contributed by atoms with Crippen LogP contribution in [0.2, 0.25) is 0 Å². The number of ether oxygens (including phenoxy) is 1. The lowest BCUT2D eigenvalue weighted by atomic mass is 9.98. The van der Waals surface area contributed by atoms with Gasteiger partial charge in [-0.05, 0) is 44.4 Å². The van der Waals surface area contributed by atoms with Crippen LogP contribution in [0.1, 0.15) is 49.8 Å². The molecule has 2 rings (SSSR count). The van der Waals surface area contributed by atoms with E-state index in [0.717, 1.165) is 31.9 Å². The Balaban J connectivity index is 1.47. The van der Waals surface area contributed by atoms with Crippen molar-refractivity contribution >= 4 is 0 Å². The highest BCUT2D eigenvalue weighted by atomic mass is 16.5. The summed E-state index contributed by atoms with van der Waals surface area (Å²) in [5.74, 6) is 1.04. The minimum atomic E-state index is 0.533. The Hall–Kier alpha value is -0.800. The maximum absolute atomic E-state index is 5.88. The van der Waals surface area contributed by atoms with Gasteiger partial charge in [0.05, 0.1) is 18.9 Å². The van der Waals surface area contributed by atoms with Gasteiger partial charge in [0.25, 0.3) is 0 Å². The quantitative estimate of drug-likeness (QED) is 0.754. The highest BCUT2D eigenvalue weighted by Crippen LogP contribution is 2.20. The van der Waals surface area contributed by atoms with Crippen LogP contribution in [-0.4, -0.2) is 19.3 Å². The molecule has 0 radical (unpaired) electrons. The van der Waals surface area contributed by atoms with Crippen LogP contribution in [0.25, 0.3) is 0 Å². The van der Waals surface area contributed by atoms with Crippen LogP contribution < -0.4 is 5.32 Å². The largest absolute Gasteiger partial charge is 0.468 e. The second-order valence-electron chi connectivity index (χ2n) is 5.19. The molecule has 1 aromatic heterocycles. The molecule has 0 saturated heterocycles. The lowest BCUT2D eigenvalue weighted by molar-refractivity contribution is 0.0272. The Labute approximate surface area is 110 Å². The predicted molar refractivity (Wildman–Crippen MR) is 72.6 cm³/mol. The molecule has 0 atom stereocenters.